The first-order chi connectivity index (χ1) is 7.00. The first-order valence-electron chi connectivity index (χ1n) is 5.73. The Balaban J connectivity index is 2.60. The fourth-order valence-corrected chi connectivity index (χ4v) is 1.72. The summed E-state index contributed by atoms with van der Waals surface area (Å²) in [6, 6.07) is 0.630. The summed E-state index contributed by atoms with van der Waals surface area (Å²) < 4.78 is 5.68. The Morgan fingerprint density at radius 2 is 2.07 bits per heavy atom. The fourth-order valence-electron chi connectivity index (χ4n) is 1.72. The Kier molecular flexibility index (Phi) is 4.40. The highest BCUT2D eigenvalue weighted by Gasteiger charge is 2.18. The smallest absolute Gasteiger partial charge is 0.105 e. The van der Waals surface area contributed by atoms with Gasteiger partial charge in [0.15, 0.2) is 0 Å². The Bertz CT molecular complexity index is 272. The second-order valence-corrected chi connectivity index (χ2v) is 4.83. The molecule has 1 heterocycles. The number of hydrogen-bond donors (Lipinski definition) is 0. The largest absolute Gasteiger partial charge is 0.469 e. The van der Waals surface area contributed by atoms with Gasteiger partial charge in [-0.05, 0) is 45.8 Å². The van der Waals surface area contributed by atoms with E-state index in [1.807, 2.05) is 6.26 Å². The van der Waals surface area contributed by atoms with Crippen LogP contribution in [0.1, 0.15) is 41.0 Å². The zero-order valence-electron chi connectivity index (χ0n) is 10.6. The van der Waals surface area contributed by atoms with Crippen molar-refractivity contribution >= 4 is 0 Å². The molecule has 0 aromatic rings. The lowest BCUT2D eigenvalue weighted by molar-refractivity contribution is 0.197. The molecule has 86 valence electrons. The predicted molar refractivity (Wildman–Crippen MR) is 64.5 cm³/mol. The highest BCUT2D eigenvalue weighted by Crippen LogP contribution is 2.20. The summed E-state index contributed by atoms with van der Waals surface area (Å²) in [4.78, 5) is 2.48. The molecular formula is C13H23NO. The van der Waals surface area contributed by atoms with Crippen LogP contribution in [-0.4, -0.2) is 24.0 Å². The monoisotopic (exact) mass is 209 g/mol. The molecule has 0 aromatic heterocycles. The van der Waals surface area contributed by atoms with E-state index in [1.165, 1.54) is 11.1 Å². The van der Waals surface area contributed by atoms with Crippen LogP contribution in [0.2, 0.25) is 0 Å². The van der Waals surface area contributed by atoms with E-state index in [0.29, 0.717) is 6.04 Å². The van der Waals surface area contributed by atoms with E-state index in [2.05, 4.69) is 39.5 Å². The first-order valence-corrected chi connectivity index (χ1v) is 5.73. The number of nitrogens with zero attached hydrogens (tertiary/aromatic N) is 1. The second kappa shape index (κ2) is 5.36. The van der Waals surface area contributed by atoms with Gasteiger partial charge in [-0.15, -0.1) is 0 Å². The Morgan fingerprint density at radius 3 is 2.53 bits per heavy atom. The number of ether oxygens (including phenoxy) is 1. The normalized spacial score (nSPS) is 18.3. The summed E-state index contributed by atoms with van der Waals surface area (Å²) in [5, 5.41) is 0. The van der Waals surface area contributed by atoms with Crippen molar-refractivity contribution < 1.29 is 4.74 Å². The highest BCUT2D eigenvalue weighted by atomic mass is 16.5. The predicted octanol–water partition coefficient (Wildman–Crippen LogP) is 3.31. The van der Waals surface area contributed by atoms with Gasteiger partial charge in [-0.3, -0.25) is 4.90 Å². The van der Waals surface area contributed by atoms with E-state index >= 15 is 0 Å². The molecular weight excluding hydrogens is 186 g/mol. The van der Waals surface area contributed by atoms with E-state index in [-0.39, 0.29) is 0 Å². The van der Waals surface area contributed by atoms with Gasteiger partial charge in [0.05, 0.1) is 6.26 Å². The maximum Gasteiger partial charge on any atom is 0.105 e. The van der Waals surface area contributed by atoms with Crippen LogP contribution in [0.3, 0.4) is 0 Å². The number of allylic oxidation sites excluding steroid dienone is 1. The van der Waals surface area contributed by atoms with Gasteiger partial charge in [0, 0.05) is 25.6 Å². The molecule has 2 heteroatoms. The molecule has 0 aromatic carbocycles. The second-order valence-electron chi connectivity index (χ2n) is 4.83. The minimum absolute atomic E-state index is 0.630. The van der Waals surface area contributed by atoms with Crippen LogP contribution in [0.25, 0.3) is 0 Å². The average molecular weight is 209 g/mol. The molecule has 1 aliphatic heterocycles. The summed E-state index contributed by atoms with van der Waals surface area (Å²) in [5.74, 6) is 1.16. The molecule has 15 heavy (non-hydrogen) atoms. The minimum Gasteiger partial charge on any atom is -0.469 e. The van der Waals surface area contributed by atoms with Crippen LogP contribution in [0.4, 0.5) is 0 Å². The van der Waals surface area contributed by atoms with E-state index < -0.39 is 0 Å². The van der Waals surface area contributed by atoms with Crippen LogP contribution in [0.5, 0.6) is 0 Å². The molecule has 2 nitrogen and oxygen atoms in total. The van der Waals surface area contributed by atoms with Gasteiger partial charge in [0.25, 0.3) is 0 Å². The van der Waals surface area contributed by atoms with Gasteiger partial charge >= 0.3 is 0 Å². The molecule has 0 saturated carbocycles. The molecule has 0 spiro atoms. The van der Waals surface area contributed by atoms with Crippen molar-refractivity contribution in [3.05, 3.63) is 23.2 Å². The summed E-state index contributed by atoms with van der Waals surface area (Å²) in [6.07, 6.45) is 2.89. The first kappa shape index (κ1) is 12.3. The van der Waals surface area contributed by atoms with Gasteiger partial charge in [0.1, 0.15) is 5.76 Å². The van der Waals surface area contributed by atoms with Gasteiger partial charge in [0.2, 0.25) is 0 Å². The van der Waals surface area contributed by atoms with Gasteiger partial charge in [-0.1, -0.05) is 0 Å². The third-order valence-electron chi connectivity index (χ3n) is 2.71. The van der Waals surface area contributed by atoms with E-state index in [9.17, 15) is 0 Å². The van der Waals surface area contributed by atoms with Crippen molar-refractivity contribution in [2.24, 2.45) is 0 Å². The number of hydrogen-bond acceptors (Lipinski definition) is 2. The summed E-state index contributed by atoms with van der Waals surface area (Å²) in [5.41, 5.74) is 2.58. The van der Waals surface area contributed by atoms with E-state index in [1.54, 1.807) is 0 Å². The Hall–Kier alpha value is -0.760. The quantitative estimate of drug-likeness (QED) is 0.661. The molecule has 1 rings (SSSR count). The van der Waals surface area contributed by atoms with Gasteiger partial charge in [-0.25, -0.2) is 0 Å². The molecule has 0 amide bonds. The van der Waals surface area contributed by atoms with Crippen molar-refractivity contribution in [2.75, 3.05) is 13.1 Å². The average Bonchev–Trinajstić information content (AvgIpc) is 2.15. The number of rotatable bonds is 3. The third kappa shape index (κ3) is 3.71. The zero-order valence-corrected chi connectivity index (χ0v) is 10.6. The van der Waals surface area contributed by atoms with Gasteiger partial charge in [-0.2, -0.15) is 0 Å². The maximum absolute atomic E-state index is 5.68. The SMILES string of the molecule is CC(C)=COC1=C(C)CN(C(C)C)CC1. The molecule has 0 atom stereocenters. The van der Waals surface area contributed by atoms with Crippen LogP contribution >= 0.6 is 0 Å². The van der Waals surface area contributed by atoms with Crippen molar-refractivity contribution in [3.8, 4) is 0 Å². The topological polar surface area (TPSA) is 12.5 Å². The standard InChI is InChI=1S/C13H23NO/c1-10(2)9-15-13-6-7-14(11(3)4)8-12(13)5/h9,11H,6-8H2,1-5H3. The molecule has 0 bridgehead atoms. The van der Waals surface area contributed by atoms with E-state index in [4.69, 9.17) is 4.74 Å². The highest BCUT2D eigenvalue weighted by molar-refractivity contribution is 5.13. The molecule has 0 fully saturated rings. The Labute approximate surface area is 93.6 Å². The third-order valence-corrected chi connectivity index (χ3v) is 2.71. The molecule has 1 aliphatic rings. The summed E-state index contributed by atoms with van der Waals surface area (Å²) in [7, 11) is 0. The van der Waals surface area contributed by atoms with Crippen LogP contribution in [0.15, 0.2) is 23.2 Å². The lowest BCUT2D eigenvalue weighted by Gasteiger charge is -2.31. The van der Waals surface area contributed by atoms with E-state index in [0.717, 1.165) is 25.3 Å². The van der Waals surface area contributed by atoms with Crippen LogP contribution < -0.4 is 0 Å². The minimum atomic E-state index is 0.630. The van der Waals surface area contributed by atoms with Gasteiger partial charge < -0.3 is 4.74 Å². The summed E-state index contributed by atoms with van der Waals surface area (Å²) >= 11 is 0. The summed E-state index contributed by atoms with van der Waals surface area (Å²) in [6.45, 7) is 12.9. The lowest BCUT2D eigenvalue weighted by atomic mass is 10.1. The Morgan fingerprint density at radius 1 is 1.40 bits per heavy atom. The van der Waals surface area contributed by atoms with Crippen molar-refractivity contribution in [2.45, 2.75) is 47.1 Å². The maximum atomic E-state index is 5.68. The zero-order chi connectivity index (χ0) is 11.4. The van der Waals surface area contributed by atoms with Crippen LogP contribution in [0, 0.1) is 0 Å². The molecule has 0 N–H and O–H groups in total. The van der Waals surface area contributed by atoms with Crippen molar-refractivity contribution in [1.29, 1.82) is 0 Å². The lowest BCUT2D eigenvalue weighted by Crippen LogP contribution is -2.36. The molecule has 0 saturated heterocycles. The van der Waals surface area contributed by atoms with Crippen LogP contribution in [-0.2, 0) is 4.74 Å². The molecule has 0 unspecified atom stereocenters. The fraction of sp³-hybridized carbons (Fsp3) is 0.692. The molecule has 0 aliphatic carbocycles. The van der Waals surface area contributed by atoms with Crippen molar-refractivity contribution in [1.82, 2.24) is 4.90 Å². The van der Waals surface area contributed by atoms with Crippen molar-refractivity contribution in [3.63, 3.8) is 0 Å². The molecule has 0 radical (unpaired) electrons.